The number of sulfone groups is 1. The molecular weight excluding hydrogens is 300 g/mol. The maximum absolute atomic E-state index is 11.3. The molecule has 1 aromatic rings. The Balaban J connectivity index is 1.94. The summed E-state index contributed by atoms with van der Waals surface area (Å²) in [7, 11) is -6.37. The summed E-state index contributed by atoms with van der Waals surface area (Å²) in [6.07, 6.45) is 1.20. The molecule has 0 aromatic heterocycles. The van der Waals surface area contributed by atoms with Gasteiger partial charge in [-0.05, 0) is 30.5 Å². The predicted octanol–water partition coefficient (Wildman–Crippen LogP) is 0.464. The first-order valence-electron chi connectivity index (χ1n) is 6.30. The third-order valence-electron chi connectivity index (χ3n) is 3.25. The van der Waals surface area contributed by atoms with Crippen LogP contribution in [-0.4, -0.2) is 34.4 Å². The Hall–Kier alpha value is -1.12. The third-order valence-corrected chi connectivity index (χ3v) is 5.70. The number of sulfonamides is 1. The van der Waals surface area contributed by atoms with Gasteiger partial charge in [0, 0.05) is 11.7 Å². The number of primary sulfonamides is 1. The van der Waals surface area contributed by atoms with E-state index < -0.39 is 19.9 Å². The van der Waals surface area contributed by atoms with Gasteiger partial charge in [-0.1, -0.05) is 12.1 Å². The van der Waals surface area contributed by atoms with Crippen LogP contribution in [0.1, 0.15) is 18.4 Å². The monoisotopic (exact) mass is 318 g/mol. The second-order valence-electron chi connectivity index (χ2n) is 5.07. The van der Waals surface area contributed by atoms with Crippen LogP contribution < -0.4 is 10.5 Å². The van der Waals surface area contributed by atoms with Crippen LogP contribution in [0.15, 0.2) is 24.3 Å². The average molecular weight is 318 g/mol. The van der Waals surface area contributed by atoms with E-state index in [4.69, 9.17) is 5.14 Å². The fraction of sp³-hybridized carbons (Fsp3) is 0.500. The van der Waals surface area contributed by atoms with Crippen molar-refractivity contribution in [3.63, 3.8) is 0 Å². The Bertz CT molecular complexity index is 652. The van der Waals surface area contributed by atoms with Crippen LogP contribution in [0.25, 0.3) is 0 Å². The maximum Gasteiger partial charge on any atom is 0.213 e. The third kappa shape index (κ3) is 4.77. The van der Waals surface area contributed by atoms with Crippen molar-refractivity contribution in [1.82, 2.24) is 0 Å². The summed E-state index contributed by atoms with van der Waals surface area (Å²) in [5.74, 6) is 0.247. The first-order valence-corrected chi connectivity index (χ1v) is 9.84. The SMILES string of the molecule is NS(=O)(=O)Cc1ccc(NC2CCS(=O)(=O)CC2)cc1. The Morgan fingerprint density at radius 2 is 1.70 bits per heavy atom. The Morgan fingerprint density at radius 3 is 2.20 bits per heavy atom. The van der Waals surface area contributed by atoms with Crippen LogP contribution in [0.3, 0.4) is 0 Å². The van der Waals surface area contributed by atoms with Gasteiger partial charge < -0.3 is 5.32 Å². The van der Waals surface area contributed by atoms with E-state index in [0.29, 0.717) is 18.4 Å². The molecule has 0 spiro atoms. The number of nitrogens with two attached hydrogens (primary N) is 1. The van der Waals surface area contributed by atoms with Gasteiger partial charge in [-0.3, -0.25) is 0 Å². The molecule has 6 nitrogen and oxygen atoms in total. The quantitative estimate of drug-likeness (QED) is 0.839. The van der Waals surface area contributed by atoms with Crippen LogP contribution in [0.2, 0.25) is 0 Å². The molecule has 3 N–H and O–H groups in total. The standard InChI is InChI=1S/C12H18N2O4S2/c13-20(17,18)9-10-1-3-11(4-2-10)14-12-5-7-19(15,16)8-6-12/h1-4,12,14H,5-9H2,(H2,13,17,18). The van der Waals surface area contributed by atoms with Crippen molar-refractivity contribution in [2.24, 2.45) is 5.14 Å². The molecule has 1 heterocycles. The summed E-state index contributed by atoms with van der Waals surface area (Å²) in [5.41, 5.74) is 1.48. The molecule has 1 fully saturated rings. The highest BCUT2D eigenvalue weighted by Crippen LogP contribution is 2.18. The zero-order valence-corrected chi connectivity index (χ0v) is 12.6. The van der Waals surface area contributed by atoms with Crippen LogP contribution in [0.5, 0.6) is 0 Å². The van der Waals surface area contributed by atoms with E-state index in [1.165, 1.54) is 0 Å². The summed E-state index contributed by atoms with van der Waals surface area (Å²) in [6.45, 7) is 0. The molecule has 0 bridgehead atoms. The number of anilines is 1. The summed E-state index contributed by atoms with van der Waals surface area (Å²) < 4.78 is 44.6. The summed E-state index contributed by atoms with van der Waals surface area (Å²) in [6, 6.07) is 7.11. The number of nitrogens with one attached hydrogen (secondary N) is 1. The van der Waals surface area contributed by atoms with Crippen molar-refractivity contribution < 1.29 is 16.8 Å². The van der Waals surface area contributed by atoms with Crippen LogP contribution in [0, 0.1) is 0 Å². The lowest BCUT2D eigenvalue weighted by Crippen LogP contribution is -2.32. The van der Waals surface area contributed by atoms with E-state index in [2.05, 4.69) is 5.32 Å². The lowest BCUT2D eigenvalue weighted by Gasteiger charge is -2.24. The van der Waals surface area contributed by atoms with E-state index in [9.17, 15) is 16.8 Å². The number of benzene rings is 1. The van der Waals surface area contributed by atoms with Crippen LogP contribution in [-0.2, 0) is 25.6 Å². The molecule has 2 rings (SSSR count). The lowest BCUT2D eigenvalue weighted by molar-refractivity contribution is 0.559. The largest absolute Gasteiger partial charge is 0.382 e. The number of hydrogen-bond acceptors (Lipinski definition) is 5. The van der Waals surface area contributed by atoms with Gasteiger partial charge in [-0.2, -0.15) is 0 Å². The first-order chi connectivity index (χ1) is 9.23. The molecule has 0 aliphatic carbocycles. The summed E-state index contributed by atoms with van der Waals surface area (Å²) >= 11 is 0. The van der Waals surface area contributed by atoms with E-state index in [1.807, 2.05) is 0 Å². The Kier molecular flexibility index (Phi) is 4.36. The second-order valence-corrected chi connectivity index (χ2v) is 8.99. The molecule has 1 aliphatic rings. The van der Waals surface area contributed by atoms with Gasteiger partial charge in [0.05, 0.1) is 17.3 Å². The van der Waals surface area contributed by atoms with Crippen molar-refractivity contribution >= 4 is 25.5 Å². The smallest absolute Gasteiger partial charge is 0.213 e. The molecule has 0 amide bonds. The van der Waals surface area contributed by atoms with Gasteiger partial charge in [0.2, 0.25) is 10.0 Å². The van der Waals surface area contributed by atoms with Crippen molar-refractivity contribution in [2.75, 3.05) is 16.8 Å². The fourth-order valence-corrected chi connectivity index (χ4v) is 4.35. The second kappa shape index (κ2) is 5.71. The lowest BCUT2D eigenvalue weighted by atomic mass is 10.1. The number of rotatable bonds is 4. The van der Waals surface area contributed by atoms with Gasteiger partial charge in [0.25, 0.3) is 0 Å². The predicted molar refractivity (Wildman–Crippen MR) is 78.6 cm³/mol. The Morgan fingerprint density at radius 1 is 1.15 bits per heavy atom. The molecule has 0 saturated carbocycles. The number of hydrogen-bond donors (Lipinski definition) is 2. The zero-order valence-electron chi connectivity index (χ0n) is 10.9. The van der Waals surface area contributed by atoms with Crippen LogP contribution >= 0.6 is 0 Å². The van der Waals surface area contributed by atoms with E-state index in [0.717, 1.165) is 5.69 Å². The van der Waals surface area contributed by atoms with Gasteiger partial charge in [0.1, 0.15) is 9.84 Å². The molecule has 20 heavy (non-hydrogen) atoms. The topological polar surface area (TPSA) is 106 Å². The molecule has 1 aromatic carbocycles. The minimum atomic E-state index is -3.52. The molecule has 0 unspecified atom stereocenters. The Labute approximate surface area is 119 Å². The van der Waals surface area contributed by atoms with E-state index in [-0.39, 0.29) is 23.3 Å². The van der Waals surface area contributed by atoms with Crippen molar-refractivity contribution in [3.05, 3.63) is 29.8 Å². The van der Waals surface area contributed by atoms with Crippen LogP contribution in [0.4, 0.5) is 5.69 Å². The highest BCUT2D eigenvalue weighted by Gasteiger charge is 2.23. The average Bonchev–Trinajstić information content (AvgIpc) is 2.32. The minimum Gasteiger partial charge on any atom is -0.382 e. The van der Waals surface area contributed by atoms with E-state index in [1.54, 1.807) is 24.3 Å². The highest BCUT2D eigenvalue weighted by atomic mass is 32.2. The zero-order chi connectivity index (χ0) is 14.8. The van der Waals surface area contributed by atoms with Gasteiger partial charge in [-0.25, -0.2) is 22.0 Å². The highest BCUT2D eigenvalue weighted by molar-refractivity contribution is 7.91. The summed E-state index contributed by atoms with van der Waals surface area (Å²) in [4.78, 5) is 0. The fourth-order valence-electron chi connectivity index (χ4n) is 2.20. The van der Waals surface area contributed by atoms with Crippen molar-refractivity contribution in [2.45, 2.75) is 24.6 Å². The molecule has 0 radical (unpaired) electrons. The molecule has 8 heteroatoms. The molecule has 1 aliphatic heterocycles. The van der Waals surface area contributed by atoms with Gasteiger partial charge >= 0.3 is 0 Å². The molecule has 0 atom stereocenters. The summed E-state index contributed by atoms with van der Waals surface area (Å²) in [5, 5.41) is 8.24. The molecule has 112 valence electrons. The first kappa shape index (κ1) is 15.3. The van der Waals surface area contributed by atoms with Crippen molar-refractivity contribution in [3.8, 4) is 0 Å². The van der Waals surface area contributed by atoms with Crippen molar-refractivity contribution in [1.29, 1.82) is 0 Å². The minimum absolute atomic E-state index is 0.141. The van der Waals surface area contributed by atoms with E-state index >= 15 is 0 Å². The normalized spacial score (nSPS) is 19.6. The van der Waals surface area contributed by atoms with Gasteiger partial charge in [0.15, 0.2) is 0 Å². The molecular formula is C12H18N2O4S2. The molecule has 1 saturated heterocycles. The maximum atomic E-state index is 11.3. The van der Waals surface area contributed by atoms with Gasteiger partial charge in [-0.15, -0.1) is 0 Å².